The summed E-state index contributed by atoms with van der Waals surface area (Å²) >= 11 is 7.14. The molecule has 210 valence electrons. The third-order valence-electron chi connectivity index (χ3n) is 7.88. The molecule has 4 aromatic rings. The molecule has 4 aromatic carbocycles. The Morgan fingerprint density at radius 1 is 0.762 bits per heavy atom. The van der Waals surface area contributed by atoms with Crippen molar-refractivity contribution in [3.05, 3.63) is 141 Å². The van der Waals surface area contributed by atoms with Crippen LogP contribution in [0.4, 0.5) is 11.4 Å². The Morgan fingerprint density at radius 3 is 1.79 bits per heavy atom. The summed E-state index contributed by atoms with van der Waals surface area (Å²) in [7, 11) is 3.31. The van der Waals surface area contributed by atoms with E-state index in [-0.39, 0.29) is 17.2 Å². The zero-order valence-corrected chi connectivity index (χ0v) is 26.2. The largest absolute Gasteiger partial charge is 0.400 e. The van der Waals surface area contributed by atoms with Gasteiger partial charge in [0, 0.05) is 57.5 Å². The molecule has 0 radical (unpaired) electrons. The summed E-state index contributed by atoms with van der Waals surface area (Å²) < 4.78 is 1.58. The van der Waals surface area contributed by atoms with Gasteiger partial charge in [0.15, 0.2) is 5.41 Å². The van der Waals surface area contributed by atoms with Gasteiger partial charge in [-0.3, -0.25) is 9.59 Å². The Hall–Kier alpha value is -4.19. The molecular formula is C34H28Br2N4O2. The second-order valence-electron chi connectivity index (χ2n) is 10.2. The fraction of sp³-hybridized carbons (Fsp3) is 0.147. The number of nitriles is 1. The van der Waals surface area contributed by atoms with Crippen molar-refractivity contribution in [3.8, 4) is 6.07 Å². The number of likely N-dealkylation sites (N-methyl/N-ethyl adjacent to an activating group) is 1. The van der Waals surface area contributed by atoms with Gasteiger partial charge in [0.05, 0.1) is 6.07 Å². The average Bonchev–Trinajstić information content (AvgIpc) is 3.29. The highest BCUT2D eigenvalue weighted by Crippen LogP contribution is 2.59. The second-order valence-corrected chi connectivity index (χ2v) is 12.0. The quantitative estimate of drug-likeness (QED) is 0.234. The lowest BCUT2D eigenvalue weighted by Crippen LogP contribution is -2.47. The maximum atomic E-state index is 14.7. The topological polar surface area (TPSA) is 90.4 Å². The van der Waals surface area contributed by atoms with Crippen LogP contribution in [0.15, 0.2) is 129 Å². The molecule has 0 unspecified atom stereocenters. The number of carbonyl (C=O) groups excluding carboxylic acids is 2. The number of amides is 2. The number of hydrogen-bond acceptors (Lipinski definition) is 4. The molecule has 0 bridgehead atoms. The van der Waals surface area contributed by atoms with Crippen LogP contribution in [0.3, 0.4) is 0 Å². The Kier molecular flexibility index (Phi) is 8.35. The number of nitrogens with zero attached hydrogens (tertiary/aromatic N) is 3. The minimum absolute atomic E-state index is 0.0412. The number of benzene rings is 4. The van der Waals surface area contributed by atoms with Gasteiger partial charge in [0.2, 0.25) is 0 Å². The normalized spacial score (nSPS) is 19.7. The first-order chi connectivity index (χ1) is 20.2. The van der Waals surface area contributed by atoms with E-state index in [1.807, 2.05) is 97.1 Å². The zero-order valence-electron chi connectivity index (χ0n) is 23.0. The summed E-state index contributed by atoms with van der Waals surface area (Å²) in [5.74, 6) is -2.40. The van der Waals surface area contributed by atoms with Gasteiger partial charge in [-0.2, -0.15) is 5.26 Å². The molecule has 1 aliphatic carbocycles. The SMILES string of the molecule is CN(C(=O)C1=C(N)[C@](C#N)(C(=O)N(C)c2ccccc2)[C@@H](c2cccc(Br)c2)[C@@H]1c1cccc(Br)c1)c1ccccc1. The van der Waals surface area contributed by atoms with Crippen LogP contribution < -0.4 is 15.5 Å². The van der Waals surface area contributed by atoms with Crippen molar-refractivity contribution in [2.45, 2.75) is 11.8 Å². The Bertz CT molecular complexity index is 1720. The highest BCUT2D eigenvalue weighted by Gasteiger charge is 2.62. The molecule has 0 spiro atoms. The van der Waals surface area contributed by atoms with E-state index < -0.39 is 23.2 Å². The fourth-order valence-corrected chi connectivity index (χ4v) is 6.66. The van der Waals surface area contributed by atoms with E-state index in [4.69, 9.17) is 5.73 Å². The van der Waals surface area contributed by atoms with Crippen LogP contribution in [0.1, 0.15) is 23.0 Å². The van der Waals surface area contributed by atoms with Crippen LogP contribution in [0.2, 0.25) is 0 Å². The number of para-hydroxylation sites is 2. The molecule has 0 saturated carbocycles. The number of hydrogen-bond donors (Lipinski definition) is 1. The van der Waals surface area contributed by atoms with Gasteiger partial charge >= 0.3 is 0 Å². The molecule has 0 heterocycles. The summed E-state index contributed by atoms with van der Waals surface area (Å²) in [6, 6.07) is 35.8. The minimum atomic E-state index is -1.89. The second kappa shape index (κ2) is 12.0. The molecule has 5 rings (SSSR count). The summed E-state index contributed by atoms with van der Waals surface area (Å²) in [5, 5.41) is 11.1. The average molecular weight is 684 g/mol. The zero-order chi connectivity index (χ0) is 30.0. The molecule has 2 amide bonds. The third-order valence-corrected chi connectivity index (χ3v) is 8.87. The molecule has 6 nitrogen and oxygen atoms in total. The molecule has 1 aliphatic rings. The van der Waals surface area contributed by atoms with Crippen molar-refractivity contribution in [2.24, 2.45) is 11.1 Å². The molecule has 0 fully saturated rings. The predicted octanol–water partition coefficient (Wildman–Crippen LogP) is 7.14. The summed E-state index contributed by atoms with van der Waals surface area (Å²) in [6.45, 7) is 0. The molecule has 0 aromatic heterocycles. The van der Waals surface area contributed by atoms with Crippen LogP contribution in [0.5, 0.6) is 0 Å². The molecular weight excluding hydrogens is 656 g/mol. The maximum Gasteiger partial charge on any atom is 0.256 e. The van der Waals surface area contributed by atoms with Gasteiger partial charge < -0.3 is 15.5 Å². The van der Waals surface area contributed by atoms with Crippen molar-refractivity contribution in [1.29, 1.82) is 5.26 Å². The molecule has 42 heavy (non-hydrogen) atoms. The standard InChI is InChI=1S/C34H28Br2N4O2/c1-39(26-15-5-3-6-16-26)32(41)29-28(22-11-9-13-24(35)19-22)30(23-12-10-14-25(36)20-23)34(21-37,31(29)38)33(42)40(2)27-17-7-4-8-18-27/h3-20,28,30H,38H2,1-2H3/t28-,30+,34-/m1/s1. The summed E-state index contributed by atoms with van der Waals surface area (Å²) in [5.41, 5.74) is 8.01. The van der Waals surface area contributed by atoms with E-state index >= 15 is 0 Å². The Labute approximate surface area is 262 Å². The van der Waals surface area contributed by atoms with E-state index in [0.717, 1.165) is 14.5 Å². The first-order valence-corrected chi connectivity index (χ1v) is 14.9. The number of nitrogens with two attached hydrogens (primary N) is 1. The van der Waals surface area contributed by atoms with Gasteiger partial charge in [0.1, 0.15) is 0 Å². The minimum Gasteiger partial charge on any atom is -0.400 e. The number of halogens is 2. The van der Waals surface area contributed by atoms with E-state index in [0.29, 0.717) is 16.9 Å². The molecule has 0 aliphatic heterocycles. The first kappa shape index (κ1) is 29.3. The van der Waals surface area contributed by atoms with Crippen molar-refractivity contribution < 1.29 is 9.59 Å². The van der Waals surface area contributed by atoms with Crippen LogP contribution in [-0.2, 0) is 9.59 Å². The van der Waals surface area contributed by atoms with Crippen LogP contribution in [0.25, 0.3) is 0 Å². The number of carbonyl (C=O) groups is 2. The number of anilines is 2. The lowest BCUT2D eigenvalue weighted by molar-refractivity contribution is -0.124. The molecule has 3 atom stereocenters. The molecule has 8 heteroatoms. The monoisotopic (exact) mass is 682 g/mol. The van der Waals surface area contributed by atoms with Crippen molar-refractivity contribution >= 4 is 55.0 Å². The fourth-order valence-electron chi connectivity index (χ4n) is 5.82. The van der Waals surface area contributed by atoms with E-state index in [1.165, 1.54) is 9.80 Å². The van der Waals surface area contributed by atoms with E-state index in [9.17, 15) is 14.9 Å². The van der Waals surface area contributed by atoms with Gasteiger partial charge in [-0.25, -0.2) is 0 Å². The lowest BCUT2D eigenvalue weighted by Gasteiger charge is -2.35. The Morgan fingerprint density at radius 2 is 1.26 bits per heavy atom. The Balaban J connectivity index is 1.81. The lowest BCUT2D eigenvalue weighted by atomic mass is 9.68. The first-order valence-electron chi connectivity index (χ1n) is 13.3. The van der Waals surface area contributed by atoms with Crippen LogP contribution >= 0.6 is 31.9 Å². The van der Waals surface area contributed by atoms with Crippen molar-refractivity contribution in [2.75, 3.05) is 23.9 Å². The van der Waals surface area contributed by atoms with Gasteiger partial charge in [-0.1, -0.05) is 92.5 Å². The highest BCUT2D eigenvalue weighted by molar-refractivity contribution is 9.10. The summed E-state index contributed by atoms with van der Waals surface area (Å²) in [6.07, 6.45) is 0. The predicted molar refractivity (Wildman–Crippen MR) is 173 cm³/mol. The smallest absolute Gasteiger partial charge is 0.256 e. The van der Waals surface area contributed by atoms with E-state index in [1.54, 1.807) is 26.2 Å². The highest BCUT2D eigenvalue weighted by atomic mass is 79.9. The van der Waals surface area contributed by atoms with E-state index in [2.05, 4.69) is 37.9 Å². The van der Waals surface area contributed by atoms with Gasteiger partial charge in [-0.05, 0) is 59.7 Å². The van der Waals surface area contributed by atoms with Crippen LogP contribution in [-0.4, -0.2) is 25.9 Å². The van der Waals surface area contributed by atoms with Crippen molar-refractivity contribution in [3.63, 3.8) is 0 Å². The van der Waals surface area contributed by atoms with Crippen LogP contribution in [0, 0.1) is 16.7 Å². The summed E-state index contributed by atoms with van der Waals surface area (Å²) in [4.78, 5) is 32.1. The van der Waals surface area contributed by atoms with Gasteiger partial charge in [0.25, 0.3) is 11.8 Å². The van der Waals surface area contributed by atoms with Gasteiger partial charge in [-0.15, -0.1) is 0 Å². The third kappa shape index (κ3) is 5.04. The van der Waals surface area contributed by atoms with Crippen molar-refractivity contribution in [1.82, 2.24) is 0 Å². The maximum absolute atomic E-state index is 14.7. The number of rotatable bonds is 6. The molecule has 2 N–H and O–H groups in total. The molecule has 0 saturated heterocycles.